The van der Waals surface area contributed by atoms with Gasteiger partial charge in [-0.2, -0.15) is 0 Å². The minimum absolute atomic E-state index is 0.0743. The smallest absolute Gasteiger partial charge is 0.219 e. The van der Waals surface area contributed by atoms with Crippen LogP contribution in [0.1, 0.15) is 50.9 Å². The van der Waals surface area contributed by atoms with Gasteiger partial charge in [0.1, 0.15) is 0 Å². The van der Waals surface area contributed by atoms with E-state index in [-0.39, 0.29) is 50.9 Å². The average molecular weight is 556 g/mol. The number of fused-ring (bicyclic) bond motifs is 6. The molecule has 6 aromatic rings. The molecule has 6 bridgehead atoms. The normalized spacial score (nSPS) is 22.9. The fraction of sp³-hybridized carbons (Fsp3) is 0.0833. The third kappa shape index (κ3) is 3.79. The molecule has 0 saturated carbocycles. The fourth-order valence-corrected chi connectivity index (χ4v) is 5.74. The summed E-state index contributed by atoms with van der Waals surface area (Å²) in [4.78, 5) is 13.9. The van der Waals surface area contributed by atoms with Crippen molar-refractivity contribution in [2.45, 2.75) is 17.0 Å². The minimum atomic E-state index is -2.43. The average Bonchev–Trinajstić information content (AvgIpc) is 3.08. The first-order valence-electron chi connectivity index (χ1n) is 13.6. The number of rotatable bonds is 3. The summed E-state index contributed by atoms with van der Waals surface area (Å²) in [7, 11) is 0. The maximum atomic E-state index is 17.9. The molecule has 0 N–H and O–H groups in total. The number of hydrogen-bond donors (Lipinski definition) is 0. The Morgan fingerprint density at radius 2 is 0.500 bits per heavy atom. The second-order valence-electron chi connectivity index (χ2n) is 10.3. The van der Waals surface area contributed by atoms with E-state index in [9.17, 15) is 0 Å². The lowest BCUT2D eigenvalue weighted by Crippen LogP contribution is -2.34. The molecule has 0 radical (unpaired) electrons. The molecule has 0 atom stereocenters. The molecule has 0 amide bonds. The number of hydrogen-bond acceptors (Lipinski definition) is 3. The van der Waals surface area contributed by atoms with Crippen molar-refractivity contribution in [3.05, 3.63) is 196 Å². The number of nitrogens with zero attached hydrogens (tertiary/aromatic N) is 3. The molecule has 3 aromatic heterocycles. The Morgan fingerprint density at radius 3 is 0.714 bits per heavy atom. The topological polar surface area (TPSA) is 38.7 Å². The molecular weight excluding hydrogens is 531 g/mol. The van der Waals surface area contributed by atoms with Gasteiger partial charge >= 0.3 is 0 Å². The molecule has 4 heterocycles. The molecule has 6 heteroatoms. The molecule has 0 saturated heterocycles. The SMILES string of the molecule is FC1(c2ccccc2)c2cccc(n2)C(F)(c2ccccc2)c2cccc(n2)C(F)(c2ccccc2)c2cccc1n2. The van der Waals surface area contributed by atoms with E-state index in [1.165, 1.54) is 36.4 Å². The van der Waals surface area contributed by atoms with E-state index in [0.29, 0.717) is 0 Å². The van der Waals surface area contributed by atoms with Gasteiger partial charge in [-0.25, -0.2) is 28.1 Å². The zero-order valence-corrected chi connectivity index (χ0v) is 22.3. The lowest BCUT2D eigenvalue weighted by atomic mass is 9.82. The Morgan fingerprint density at radius 1 is 0.286 bits per heavy atom. The van der Waals surface area contributed by atoms with Gasteiger partial charge in [0.05, 0.1) is 34.2 Å². The number of halogens is 3. The van der Waals surface area contributed by atoms with E-state index in [1.54, 1.807) is 109 Å². The summed E-state index contributed by atoms with van der Waals surface area (Å²) in [5, 5.41) is 0. The fourth-order valence-electron chi connectivity index (χ4n) is 5.74. The number of alkyl halides is 3. The highest BCUT2D eigenvalue weighted by atomic mass is 19.2. The van der Waals surface area contributed by atoms with Gasteiger partial charge in [0, 0.05) is 16.7 Å². The first kappa shape index (κ1) is 25.8. The van der Waals surface area contributed by atoms with Crippen molar-refractivity contribution >= 4 is 0 Å². The maximum Gasteiger partial charge on any atom is 0.219 e. The standard InChI is InChI=1S/C36H24F3N3/c37-34(25-13-4-1-5-14-25)28-19-10-21-30(40-28)35(38,26-15-6-2-7-16-26)32-23-12-24-33(42-32)36(39,27-17-8-3-9-18-27)31-22-11-20-29(34)41-31/h1-24H. The van der Waals surface area contributed by atoms with Crippen molar-refractivity contribution in [1.82, 2.24) is 15.0 Å². The molecule has 204 valence electrons. The Bertz CT molecular complexity index is 1600. The Kier molecular flexibility index (Phi) is 6.01. The molecule has 0 aliphatic carbocycles. The summed E-state index contributed by atoms with van der Waals surface area (Å²) >= 11 is 0. The van der Waals surface area contributed by atoms with Gasteiger partial charge in [0.25, 0.3) is 0 Å². The lowest BCUT2D eigenvalue weighted by molar-refractivity contribution is 0.232. The zero-order chi connectivity index (χ0) is 28.8. The van der Waals surface area contributed by atoms with E-state index in [0.717, 1.165) is 0 Å². The van der Waals surface area contributed by atoms with Crippen molar-refractivity contribution in [2.75, 3.05) is 0 Å². The van der Waals surface area contributed by atoms with Crippen LogP contribution in [0.3, 0.4) is 0 Å². The summed E-state index contributed by atoms with van der Waals surface area (Å²) in [6.45, 7) is 0. The Labute approximate surface area is 241 Å². The third-order valence-electron chi connectivity index (χ3n) is 7.88. The van der Waals surface area contributed by atoms with E-state index in [1.807, 2.05) is 0 Å². The second-order valence-corrected chi connectivity index (χ2v) is 10.3. The molecule has 42 heavy (non-hydrogen) atoms. The number of benzene rings is 3. The van der Waals surface area contributed by atoms with Gasteiger partial charge in [-0.15, -0.1) is 0 Å². The zero-order valence-electron chi connectivity index (χ0n) is 22.3. The van der Waals surface area contributed by atoms with Crippen molar-refractivity contribution < 1.29 is 13.2 Å². The number of pyridine rings is 3. The predicted octanol–water partition coefficient (Wildman–Crippen LogP) is 7.97. The third-order valence-corrected chi connectivity index (χ3v) is 7.88. The molecule has 1 aliphatic heterocycles. The van der Waals surface area contributed by atoms with Gasteiger partial charge < -0.3 is 0 Å². The predicted molar refractivity (Wildman–Crippen MR) is 155 cm³/mol. The number of aromatic nitrogens is 3. The molecule has 0 fully saturated rings. The van der Waals surface area contributed by atoms with Gasteiger partial charge in [-0.3, -0.25) is 0 Å². The summed E-state index contributed by atoms with van der Waals surface area (Å²) < 4.78 is 53.7. The molecule has 3 nitrogen and oxygen atoms in total. The van der Waals surface area contributed by atoms with Crippen molar-refractivity contribution in [3.8, 4) is 0 Å². The lowest BCUT2D eigenvalue weighted by Gasteiger charge is -2.32. The van der Waals surface area contributed by atoms with Crippen molar-refractivity contribution in [3.63, 3.8) is 0 Å². The van der Waals surface area contributed by atoms with E-state index in [4.69, 9.17) is 0 Å². The highest BCUT2D eigenvalue weighted by Crippen LogP contribution is 2.46. The Hall–Kier alpha value is -5.10. The van der Waals surface area contributed by atoms with Crippen LogP contribution in [0.5, 0.6) is 0 Å². The first-order chi connectivity index (χ1) is 20.4. The molecule has 0 spiro atoms. The Balaban J connectivity index is 1.64. The van der Waals surface area contributed by atoms with E-state index < -0.39 is 17.0 Å². The molecule has 0 unspecified atom stereocenters. The molecular formula is C36H24F3N3. The van der Waals surface area contributed by atoms with Crippen molar-refractivity contribution in [2.24, 2.45) is 0 Å². The second kappa shape index (κ2) is 9.77. The van der Waals surface area contributed by atoms with Crippen LogP contribution in [0.15, 0.2) is 146 Å². The van der Waals surface area contributed by atoms with E-state index in [2.05, 4.69) is 15.0 Å². The summed E-state index contributed by atoms with van der Waals surface area (Å²) in [6, 6.07) is 39.1. The van der Waals surface area contributed by atoms with Gasteiger partial charge in [0.15, 0.2) is 0 Å². The minimum Gasteiger partial charge on any atom is -0.249 e. The van der Waals surface area contributed by atoms with Crippen LogP contribution in [-0.4, -0.2) is 15.0 Å². The monoisotopic (exact) mass is 555 g/mol. The van der Waals surface area contributed by atoms with Crippen LogP contribution in [-0.2, 0) is 17.0 Å². The quantitative estimate of drug-likeness (QED) is 0.222. The summed E-state index contributed by atoms with van der Waals surface area (Å²) in [5.74, 6) is 0. The van der Waals surface area contributed by atoms with Crippen LogP contribution in [0.25, 0.3) is 0 Å². The first-order valence-corrected chi connectivity index (χ1v) is 13.6. The van der Waals surface area contributed by atoms with Gasteiger partial charge in [-0.05, 0) is 36.4 Å². The van der Waals surface area contributed by atoms with E-state index >= 15 is 13.2 Å². The van der Waals surface area contributed by atoms with Crippen LogP contribution in [0.4, 0.5) is 13.2 Å². The van der Waals surface area contributed by atoms with Crippen LogP contribution in [0, 0.1) is 0 Å². The van der Waals surface area contributed by atoms with Crippen LogP contribution in [0.2, 0.25) is 0 Å². The summed E-state index contributed by atoms with van der Waals surface area (Å²) in [5.41, 5.74) is -7.02. The van der Waals surface area contributed by atoms with Gasteiger partial charge in [0.2, 0.25) is 17.0 Å². The maximum absolute atomic E-state index is 17.9. The largest absolute Gasteiger partial charge is 0.249 e. The highest BCUT2D eigenvalue weighted by molar-refractivity contribution is 5.50. The van der Waals surface area contributed by atoms with Crippen molar-refractivity contribution in [1.29, 1.82) is 0 Å². The molecule has 3 aromatic carbocycles. The van der Waals surface area contributed by atoms with Gasteiger partial charge in [-0.1, -0.05) is 109 Å². The molecule has 1 aliphatic rings. The summed E-state index contributed by atoms with van der Waals surface area (Å²) in [6.07, 6.45) is 0. The van der Waals surface area contributed by atoms with Crippen LogP contribution >= 0.6 is 0 Å². The highest BCUT2D eigenvalue weighted by Gasteiger charge is 2.47. The molecule has 7 rings (SSSR count). The van der Waals surface area contributed by atoms with Crippen LogP contribution < -0.4 is 0 Å².